The van der Waals surface area contributed by atoms with Crippen LogP contribution in [0.2, 0.25) is 8.94 Å². The third-order valence-corrected chi connectivity index (χ3v) is 6.54. The van der Waals surface area contributed by atoms with Crippen molar-refractivity contribution in [1.82, 2.24) is 0 Å². The molecule has 2 nitrogen and oxygen atoms in total. The molecular weight excluding hydrogens is 368 g/mol. The Labute approximate surface area is 118 Å². The molecule has 0 radical (unpaired) electrons. The number of rotatable bonds is 6. The maximum atomic E-state index is 11.7. The Hall–Kier alpha value is -0.470. The molecule has 0 amide bonds. The van der Waals surface area contributed by atoms with Gasteiger partial charge in [-0.3, -0.25) is 0 Å². The van der Waals surface area contributed by atoms with E-state index >= 15 is 0 Å². The third-order valence-electron chi connectivity index (χ3n) is 2.06. The number of carbonyl (C=O) groups is 2. The first-order chi connectivity index (χ1) is 8.27. The van der Waals surface area contributed by atoms with Gasteiger partial charge in [0, 0.05) is 0 Å². The number of ketones is 2. The second kappa shape index (κ2) is 6.46. The van der Waals surface area contributed by atoms with E-state index in [4.69, 9.17) is 0 Å². The molecule has 0 saturated carbocycles. The Kier molecular flexibility index (Phi) is 4.93. The molecule has 0 bridgehead atoms. The van der Waals surface area contributed by atoms with Crippen LogP contribution in [0.15, 0.2) is 35.0 Å². The predicted octanol–water partition coefficient (Wildman–Crippen LogP) is 3.42. The Morgan fingerprint density at radius 1 is 0.941 bits per heavy atom. The first-order valence-electron chi connectivity index (χ1n) is 4.98. The summed E-state index contributed by atoms with van der Waals surface area (Å²) in [5.74, 6) is 0.391. The molecule has 17 heavy (non-hydrogen) atoms. The van der Waals surface area contributed by atoms with Gasteiger partial charge >= 0.3 is 118 Å². The standard InChI is InChI=1S/C12H10O2S2Te/c13-9(11-3-1-5-15-11)7-17-8-10(14)12-4-2-6-16-12/h1-6H,7-8H2. The van der Waals surface area contributed by atoms with Crippen LogP contribution in [-0.2, 0) is 0 Å². The number of thiophene rings is 2. The van der Waals surface area contributed by atoms with Crippen molar-refractivity contribution in [3.63, 3.8) is 0 Å². The second-order valence-electron chi connectivity index (χ2n) is 3.29. The van der Waals surface area contributed by atoms with Gasteiger partial charge in [-0.05, 0) is 0 Å². The van der Waals surface area contributed by atoms with Crippen LogP contribution in [0.1, 0.15) is 19.3 Å². The van der Waals surface area contributed by atoms with Crippen molar-refractivity contribution >= 4 is 55.2 Å². The first kappa shape index (κ1) is 13.0. The first-order valence-corrected chi connectivity index (χ1v) is 10.0. The van der Waals surface area contributed by atoms with Gasteiger partial charge in [0.15, 0.2) is 0 Å². The van der Waals surface area contributed by atoms with E-state index in [1.54, 1.807) is 0 Å². The van der Waals surface area contributed by atoms with Crippen LogP contribution < -0.4 is 0 Å². The van der Waals surface area contributed by atoms with Crippen molar-refractivity contribution in [2.24, 2.45) is 0 Å². The summed E-state index contributed by atoms with van der Waals surface area (Å²) < 4.78 is 1.17. The fraction of sp³-hybridized carbons (Fsp3) is 0.167. The molecule has 0 saturated heterocycles. The summed E-state index contributed by atoms with van der Waals surface area (Å²) in [4.78, 5) is 25.1. The van der Waals surface area contributed by atoms with Crippen molar-refractivity contribution in [2.75, 3.05) is 0 Å². The summed E-state index contributed by atoms with van der Waals surface area (Å²) in [5, 5.41) is 3.81. The zero-order valence-electron chi connectivity index (χ0n) is 8.92. The van der Waals surface area contributed by atoms with Gasteiger partial charge in [-0.2, -0.15) is 0 Å². The summed E-state index contributed by atoms with van der Waals surface area (Å²) >= 11 is 2.42. The van der Waals surface area contributed by atoms with Crippen molar-refractivity contribution in [1.29, 1.82) is 0 Å². The van der Waals surface area contributed by atoms with Crippen LogP contribution in [0.5, 0.6) is 0 Å². The fourth-order valence-corrected chi connectivity index (χ4v) is 5.39. The van der Waals surface area contributed by atoms with E-state index in [0.29, 0.717) is 8.94 Å². The molecule has 2 aromatic heterocycles. The summed E-state index contributed by atoms with van der Waals surface area (Å²) in [6.45, 7) is 0. The summed E-state index contributed by atoms with van der Waals surface area (Å²) in [7, 11) is 0. The van der Waals surface area contributed by atoms with Crippen LogP contribution in [0, 0.1) is 0 Å². The molecule has 2 rings (SSSR count). The van der Waals surface area contributed by atoms with Gasteiger partial charge in [0.2, 0.25) is 0 Å². The Morgan fingerprint density at radius 3 is 1.76 bits per heavy atom. The van der Waals surface area contributed by atoms with Gasteiger partial charge in [-0.15, -0.1) is 0 Å². The zero-order chi connectivity index (χ0) is 12.1. The fourth-order valence-electron chi connectivity index (χ4n) is 1.25. The SMILES string of the molecule is O=C(C[Te]CC(=O)c1cccs1)c1cccs1. The van der Waals surface area contributed by atoms with Gasteiger partial charge < -0.3 is 0 Å². The van der Waals surface area contributed by atoms with Crippen LogP contribution in [0.4, 0.5) is 0 Å². The third kappa shape index (κ3) is 3.75. The van der Waals surface area contributed by atoms with Crippen molar-refractivity contribution in [3.05, 3.63) is 44.8 Å². The monoisotopic (exact) mass is 380 g/mol. The minimum absolute atomic E-state index is 0.196. The van der Waals surface area contributed by atoms with E-state index in [-0.39, 0.29) is 11.6 Å². The quantitative estimate of drug-likeness (QED) is 0.571. The molecule has 0 aliphatic heterocycles. The molecule has 0 N–H and O–H groups in total. The van der Waals surface area contributed by atoms with Gasteiger partial charge in [0.1, 0.15) is 0 Å². The van der Waals surface area contributed by atoms with Gasteiger partial charge in [-0.25, -0.2) is 0 Å². The number of carbonyl (C=O) groups excluding carboxylic acids is 2. The Morgan fingerprint density at radius 2 is 1.41 bits per heavy atom. The number of Topliss-reactive ketones (excluding diaryl/α,β-unsaturated/α-hetero) is 2. The molecule has 0 aromatic carbocycles. The summed E-state index contributed by atoms with van der Waals surface area (Å²) in [6.07, 6.45) is 0. The van der Waals surface area contributed by atoms with E-state index < -0.39 is 20.9 Å². The molecule has 0 aliphatic carbocycles. The molecule has 88 valence electrons. The van der Waals surface area contributed by atoms with Crippen LogP contribution >= 0.6 is 22.7 Å². The average Bonchev–Trinajstić information content (AvgIpc) is 3.02. The van der Waals surface area contributed by atoms with Crippen LogP contribution in [-0.4, -0.2) is 32.5 Å². The molecule has 0 aliphatic rings. The van der Waals surface area contributed by atoms with Gasteiger partial charge in [0.05, 0.1) is 0 Å². The van der Waals surface area contributed by atoms with Gasteiger partial charge in [-0.1, -0.05) is 0 Å². The van der Waals surface area contributed by atoms with Gasteiger partial charge in [0.25, 0.3) is 0 Å². The number of hydrogen-bond donors (Lipinski definition) is 0. The Bertz CT molecular complexity index is 442. The van der Waals surface area contributed by atoms with E-state index in [2.05, 4.69) is 0 Å². The van der Waals surface area contributed by atoms with E-state index in [9.17, 15) is 9.59 Å². The molecule has 0 fully saturated rings. The summed E-state index contributed by atoms with van der Waals surface area (Å²) in [6, 6.07) is 7.46. The minimum atomic E-state index is -0.534. The van der Waals surface area contributed by atoms with E-state index in [1.807, 2.05) is 35.0 Å². The molecule has 5 heteroatoms. The van der Waals surface area contributed by atoms with E-state index in [0.717, 1.165) is 9.75 Å². The van der Waals surface area contributed by atoms with E-state index in [1.165, 1.54) is 22.7 Å². The van der Waals surface area contributed by atoms with Crippen molar-refractivity contribution in [2.45, 2.75) is 8.94 Å². The average molecular weight is 378 g/mol. The molecular formula is C12H10O2S2Te. The number of hydrogen-bond acceptors (Lipinski definition) is 4. The zero-order valence-corrected chi connectivity index (χ0v) is 12.9. The topological polar surface area (TPSA) is 34.1 Å². The Balaban J connectivity index is 1.77. The molecule has 2 aromatic rings. The van der Waals surface area contributed by atoms with Crippen molar-refractivity contribution < 1.29 is 9.59 Å². The molecule has 0 unspecified atom stereocenters. The normalized spacial score (nSPS) is 10.4. The maximum absolute atomic E-state index is 11.7. The predicted molar refractivity (Wildman–Crippen MR) is 72.7 cm³/mol. The van der Waals surface area contributed by atoms with Crippen LogP contribution in [0.25, 0.3) is 0 Å². The van der Waals surface area contributed by atoms with Crippen molar-refractivity contribution in [3.8, 4) is 0 Å². The second-order valence-corrected chi connectivity index (χ2v) is 8.00. The summed E-state index contributed by atoms with van der Waals surface area (Å²) in [5.41, 5.74) is 0. The molecule has 2 heterocycles. The van der Waals surface area contributed by atoms with Crippen LogP contribution in [0.3, 0.4) is 0 Å². The molecule has 0 spiro atoms. The molecule has 0 atom stereocenters.